The molecular weight excluding hydrogens is 648 g/mol. The van der Waals surface area contributed by atoms with Gasteiger partial charge in [-0.25, -0.2) is 13.1 Å². The molecule has 1 unspecified atom stereocenters. The van der Waals surface area contributed by atoms with Crippen LogP contribution in [0.5, 0.6) is 5.75 Å². The van der Waals surface area contributed by atoms with Crippen molar-refractivity contribution in [2.24, 2.45) is 17.3 Å². The van der Waals surface area contributed by atoms with Crippen molar-refractivity contribution in [1.82, 2.24) is 14.9 Å². The Morgan fingerprint density at radius 2 is 1.94 bits per heavy atom. The molecule has 6 atom stereocenters. The highest BCUT2D eigenvalue weighted by Gasteiger charge is 2.56. The number of aromatic nitrogens is 2. The van der Waals surface area contributed by atoms with Gasteiger partial charge in [-0.2, -0.15) is 10.2 Å². The van der Waals surface area contributed by atoms with Crippen LogP contribution in [0.2, 0.25) is 5.02 Å². The lowest BCUT2D eigenvalue weighted by atomic mass is 9.54. The quantitative estimate of drug-likeness (QED) is 0.301. The van der Waals surface area contributed by atoms with Gasteiger partial charge in [0.15, 0.2) is 0 Å². The summed E-state index contributed by atoms with van der Waals surface area (Å²) in [6.07, 6.45) is 10.1. The molecule has 2 aliphatic heterocycles. The number of carbonyl (C=O) groups is 1. The SMILES string of the molecule is C[C@@H]1[C@@H](C)C/C=C/[C@](O)(c2cccnn2)[C@@H]2CCC2(C)CN2C[C@@]3(CCCc4cc(Cl)ccc43)COc3ccc(cc32)C(=O)NS1(=O)=O. The normalized spacial score (nSPS) is 33.6. The monoisotopic (exact) mass is 690 g/mol. The first-order valence-electron chi connectivity index (χ1n) is 16.9. The van der Waals surface area contributed by atoms with E-state index >= 15 is 0 Å². The van der Waals surface area contributed by atoms with Gasteiger partial charge in [-0.05, 0) is 110 Å². The number of nitrogens with zero attached hydrogens (tertiary/aromatic N) is 3. The number of hydrogen-bond donors (Lipinski definition) is 2. The third-order valence-corrected chi connectivity index (χ3v) is 13.8. The first-order valence-corrected chi connectivity index (χ1v) is 18.8. The van der Waals surface area contributed by atoms with Crippen LogP contribution in [0.3, 0.4) is 0 Å². The number of carbonyl (C=O) groups excluding carboxylic acids is 1. The van der Waals surface area contributed by atoms with Gasteiger partial charge in [0.25, 0.3) is 5.91 Å². The first-order chi connectivity index (χ1) is 22.8. The highest BCUT2D eigenvalue weighted by molar-refractivity contribution is 7.90. The maximum atomic E-state index is 13.6. The average molecular weight is 691 g/mol. The van der Waals surface area contributed by atoms with Gasteiger partial charge in [0.05, 0.1) is 23.2 Å². The molecule has 3 aromatic rings. The Hall–Kier alpha value is -3.47. The summed E-state index contributed by atoms with van der Waals surface area (Å²) in [5.41, 5.74) is 1.78. The van der Waals surface area contributed by atoms with Crippen molar-refractivity contribution in [2.75, 3.05) is 24.6 Å². The van der Waals surface area contributed by atoms with E-state index in [1.807, 2.05) is 19.1 Å². The number of halogens is 1. The van der Waals surface area contributed by atoms with Gasteiger partial charge >= 0.3 is 0 Å². The molecule has 1 aromatic heterocycles. The molecule has 2 N–H and O–H groups in total. The van der Waals surface area contributed by atoms with E-state index in [1.165, 1.54) is 11.1 Å². The molecule has 1 saturated carbocycles. The number of amides is 1. The summed E-state index contributed by atoms with van der Waals surface area (Å²) in [6.45, 7) is 7.31. The maximum Gasteiger partial charge on any atom is 0.264 e. The molecule has 7 rings (SSSR count). The van der Waals surface area contributed by atoms with Crippen molar-refractivity contribution < 1.29 is 23.1 Å². The zero-order chi connectivity index (χ0) is 33.9. The number of rotatable bonds is 1. The Kier molecular flexibility index (Phi) is 8.36. The van der Waals surface area contributed by atoms with Crippen molar-refractivity contribution in [2.45, 2.75) is 75.6 Å². The Balaban J connectivity index is 1.37. The molecular formula is C37H43ClN4O5S. The highest BCUT2D eigenvalue weighted by atomic mass is 35.5. The molecule has 2 aromatic carbocycles. The number of fused-ring (bicyclic) bond motifs is 4. The van der Waals surface area contributed by atoms with E-state index in [1.54, 1.807) is 49.5 Å². The third-order valence-electron chi connectivity index (χ3n) is 11.6. The number of benzene rings is 2. The van der Waals surface area contributed by atoms with Gasteiger partial charge in [-0.1, -0.05) is 43.7 Å². The predicted octanol–water partition coefficient (Wildman–Crippen LogP) is 5.95. The summed E-state index contributed by atoms with van der Waals surface area (Å²) in [4.78, 5) is 15.9. The summed E-state index contributed by atoms with van der Waals surface area (Å²) in [7, 11) is -4.01. The number of nitrogens with one attached hydrogen (secondary N) is 1. The molecule has 9 nitrogen and oxygen atoms in total. The molecule has 3 heterocycles. The molecule has 1 fully saturated rings. The van der Waals surface area contributed by atoms with E-state index in [0.717, 1.165) is 37.8 Å². The molecule has 254 valence electrons. The molecule has 2 aliphatic carbocycles. The fourth-order valence-corrected chi connectivity index (χ4v) is 10.0. The van der Waals surface area contributed by atoms with Gasteiger partial charge < -0.3 is 14.7 Å². The van der Waals surface area contributed by atoms with E-state index < -0.39 is 26.8 Å². The maximum absolute atomic E-state index is 13.6. The molecule has 1 spiro atoms. The average Bonchev–Trinajstić information content (AvgIpc) is 3.20. The van der Waals surface area contributed by atoms with Crippen LogP contribution in [0.4, 0.5) is 5.69 Å². The topological polar surface area (TPSA) is 122 Å². The summed E-state index contributed by atoms with van der Waals surface area (Å²) in [5, 5.41) is 20.9. The van der Waals surface area contributed by atoms with Crippen LogP contribution in [0.25, 0.3) is 0 Å². The van der Waals surface area contributed by atoms with Crippen LogP contribution in [-0.4, -0.2) is 54.6 Å². The lowest BCUT2D eigenvalue weighted by Gasteiger charge is -2.55. The number of allylic oxidation sites excluding steroid dienone is 1. The minimum absolute atomic E-state index is 0.199. The van der Waals surface area contributed by atoms with Crippen LogP contribution in [0, 0.1) is 17.3 Å². The summed E-state index contributed by atoms with van der Waals surface area (Å²) >= 11 is 6.45. The third kappa shape index (κ3) is 5.69. The Labute approximate surface area is 287 Å². The molecule has 1 amide bonds. The number of aliphatic hydroxyl groups is 1. The molecule has 0 saturated heterocycles. The van der Waals surface area contributed by atoms with Gasteiger partial charge in [0.1, 0.15) is 11.4 Å². The van der Waals surface area contributed by atoms with E-state index in [9.17, 15) is 18.3 Å². The zero-order valence-electron chi connectivity index (χ0n) is 27.7. The van der Waals surface area contributed by atoms with Crippen LogP contribution in [-0.2, 0) is 27.5 Å². The Morgan fingerprint density at radius 3 is 2.69 bits per heavy atom. The van der Waals surface area contributed by atoms with Crippen molar-refractivity contribution in [3.8, 4) is 5.75 Å². The Bertz CT molecular complexity index is 1870. The zero-order valence-corrected chi connectivity index (χ0v) is 29.2. The molecule has 48 heavy (non-hydrogen) atoms. The summed E-state index contributed by atoms with van der Waals surface area (Å²) < 4.78 is 35.8. The smallest absolute Gasteiger partial charge is 0.264 e. The van der Waals surface area contributed by atoms with Gasteiger partial charge in [0, 0.05) is 41.2 Å². The van der Waals surface area contributed by atoms with Crippen molar-refractivity contribution in [3.05, 3.63) is 94.3 Å². The van der Waals surface area contributed by atoms with Crippen LogP contribution in [0.15, 0.2) is 66.9 Å². The number of aryl methyl sites for hydroxylation is 1. The van der Waals surface area contributed by atoms with E-state index in [0.29, 0.717) is 42.6 Å². The largest absolute Gasteiger partial charge is 0.490 e. The predicted molar refractivity (Wildman–Crippen MR) is 186 cm³/mol. The highest BCUT2D eigenvalue weighted by Crippen LogP contribution is 2.57. The van der Waals surface area contributed by atoms with E-state index in [2.05, 4.69) is 38.9 Å². The lowest BCUT2D eigenvalue weighted by molar-refractivity contribution is -0.101. The minimum atomic E-state index is -4.01. The number of hydrogen-bond acceptors (Lipinski definition) is 8. The number of sulfonamides is 1. The van der Waals surface area contributed by atoms with E-state index in [-0.39, 0.29) is 28.2 Å². The van der Waals surface area contributed by atoms with Crippen LogP contribution >= 0.6 is 11.6 Å². The van der Waals surface area contributed by atoms with Crippen LogP contribution in [0.1, 0.15) is 80.1 Å². The van der Waals surface area contributed by atoms with Crippen molar-refractivity contribution >= 4 is 33.2 Å². The first kappa shape index (κ1) is 33.0. The lowest BCUT2D eigenvalue weighted by Crippen LogP contribution is -2.57. The van der Waals surface area contributed by atoms with Gasteiger partial charge in [0.2, 0.25) is 10.0 Å². The van der Waals surface area contributed by atoms with Crippen molar-refractivity contribution in [3.63, 3.8) is 0 Å². The number of anilines is 1. The van der Waals surface area contributed by atoms with Crippen LogP contribution < -0.4 is 14.4 Å². The fourth-order valence-electron chi connectivity index (χ4n) is 8.53. The van der Waals surface area contributed by atoms with Gasteiger partial charge in [-0.15, -0.1) is 0 Å². The standard InChI is InChI=1S/C37H43ClN4O5S/c1-24-7-4-16-37(44,33-9-6-18-39-40-33)32-14-17-35(32,3)21-42-22-36(15-5-8-26-19-28(38)11-12-29(26)36)23-47-31-13-10-27(20-30(31)42)34(43)41-48(45,46)25(24)2/h4,6,9-13,16,18-20,24-25,32,44H,5,7-8,14-15,17,21-23H2,1-3H3,(H,41,43)/b16-4+/t24-,25+,32+,35?,36-,37+/m0/s1. The molecule has 4 aliphatic rings. The Morgan fingerprint density at radius 1 is 1.10 bits per heavy atom. The summed E-state index contributed by atoms with van der Waals surface area (Å²) in [6, 6.07) is 14.9. The molecule has 0 radical (unpaired) electrons. The van der Waals surface area contributed by atoms with Gasteiger partial charge in [-0.3, -0.25) is 4.79 Å². The minimum Gasteiger partial charge on any atom is -0.490 e. The molecule has 2 bridgehead atoms. The number of ether oxygens (including phenoxy) is 1. The second kappa shape index (κ2) is 12.1. The molecule has 11 heteroatoms. The second-order valence-corrected chi connectivity index (χ2v) is 17.2. The summed E-state index contributed by atoms with van der Waals surface area (Å²) in [5.74, 6) is -0.562. The fraction of sp³-hybridized carbons (Fsp3) is 0.486. The van der Waals surface area contributed by atoms with Crippen molar-refractivity contribution in [1.29, 1.82) is 0 Å². The second-order valence-electron chi connectivity index (χ2n) is 14.7. The van der Waals surface area contributed by atoms with E-state index in [4.69, 9.17) is 16.3 Å².